The zero-order valence-electron chi connectivity index (χ0n) is 16.4. The lowest BCUT2D eigenvalue weighted by molar-refractivity contribution is 0.0381. The third kappa shape index (κ3) is 2.87. The number of hydrogen-bond donors (Lipinski definition) is 1. The van der Waals surface area contributed by atoms with Gasteiger partial charge in [-0.1, -0.05) is 18.2 Å². The number of aryl methyl sites for hydroxylation is 2. The summed E-state index contributed by atoms with van der Waals surface area (Å²) in [4.78, 5) is 22.3. The van der Waals surface area contributed by atoms with Crippen LogP contribution in [0.5, 0.6) is 0 Å². The summed E-state index contributed by atoms with van der Waals surface area (Å²) in [6, 6.07) is 13.6. The number of esters is 1. The summed E-state index contributed by atoms with van der Waals surface area (Å²) >= 11 is 0. The number of para-hydroxylation sites is 2. The molecule has 0 atom stereocenters. The van der Waals surface area contributed by atoms with Gasteiger partial charge in [-0.2, -0.15) is 0 Å². The van der Waals surface area contributed by atoms with Gasteiger partial charge in [0.2, 0.25) is 0 Å². The molecule has 6 heteroatoms. The van der Waals surface area contributed by atoms with Crippen molar-refractivity contribution in [2.45, 2.75) is 33.8 Å². The number of aromatic nitrogens is 3. The highest BCUT2D eigenvalue weighted by atomic mass is 16.5. The predicted octanol–water partition coefficient (Wildman–Crippen LogP) is 4.34. The fourth-order valence-corrected chi connectivity index (χ4v) is 3.26. The summed E-state index contributed by atoms with van der Waals surface area (Å²) < 4.78 is 7.21. The average molecular weight is 374 g/mol. The lowest BCUT2D eigenvalue weighted by Crippen LogP contribution is -2.13. The third-order valence-electron chi connectivity index (χ3n) is 4.79. The minimum Gasteiger partial charge on any atom is -0.459 e. The van der Waals surface area contributed by atoms with Gasteiger partial charge in [0.1, 0.15) is 16.9 Å². The van der Waals surface area contributed by atoms with Crippen molar-refractivity contribution < 1.29 is 9.53 Å². The van der Waals surface area contributed by atoms with Crippen molar-refractivity contribution in [3.63, 3.8) is 0 Å². The zero-order valence-corrected chi connectivity index (χ0v) is 16.4. The molecule has 0 spiro atoms. The first-order valence-corrected chi connectivity index (χ1v) is 9.22. The molecule has 0 saturated carbocycles. The van der Waals surface area contributed by atoms with Gasteiger partial charge in [0.05, 0.1) is 17.1 Å². The number of nitrogen functional groups attached to an aromatic ring is 1. The van der Waals surface area contributed by atoms with E-state index in [4.69, 9.17) is 15.5 Å². The van der Waals surface area contributed by atoms with E-state index in [1.54, 1.807) is 18.4 Å². The monoisotopic (exact) mass is 374 g/mol. The van der Waals surface area contributed by atoms with Crippen LogP contribution < -0.4 is 5.73 Å². The van der Waals surface area contributed by atoms with Crippen molar-refractivity contribution in [3.8, 4) is 5.69 Å². The molecule has 0 aliphatic rings. The van der Waals surface area contributed by atoms with E-state index in [2.05, 4.69) is 11.9 Å². The largest absolute Gasteiger partial charge is 0.459 e. The SMILES string of the molecule is Cc1ccc(-n2c(N)c(C(=O)OC(C)C)c3nc4ccccc4nc32)cc1C. The van der Waals surface area contributed by atoms with Gasteiger partial charge in [0.25, 0.3) is 0 Å². The maximum absolute atomic E-state index is 12.8. The van der Waals surface area contributed by atoms with Crippen LogP contribution in [0.2, 0.25) is 0 Å². The zero-order chi connectivity index (χ0) is 20.0. The van der Waals surface area contributed by atoms with Crippen molar-refractivity contribution in [2.75, 3.05) is 5.73 Å². The van der Waals surface area contributed by atoms with Crippen molar-refractivity contribution in [3.05, 3.63) is 59.2 Å². The predicted molar refractivity (Wildman–Crippen MR) is 111 cm³/mol. The highest BCUT2D eigenvalue weighted by Crippen LogP contribution is 2.32. The van der Waals surface area contributed by atoms with E-state index >= 15 is 0 Å². The quantitative estimate of drug-likeness (QED) is 0.539. The van der Waals surface area contributed by atoms with Crippen LogP contribution in [-0.2, 0) is 4.74 Å². The molecule has 2 aromatic carbocycles. The molecule has 4 aromatic rings. The van der Waals surface area contributed by atoms with Gasteiger partial charge in [-0.05, 0) is 63.1 Å². The van der Waals surface area contributed by atoms with Gasteiger partial charge in [0, 0.05) is 5.69 Å². The number of nitrogens with zero attached hydrogens (tertiary/aromatic N) is 3. The van der Waals surface area contributed by atoms with Crippen LogP contribution in [0.3, 0.4) is 0 Å². The molecule has 2 aromatic heterocycles. The number of ether oxygens (including phenoxy) is 1. The Balaban J connectivity index is 2.08. The van der Waals surface area contributed by atoms with E-state index in [1.807, 2.05) is 49.4 Å². The van der Waals surface area contributed by atoms with Crippen molar-refractivity contribution in [1.82, 2.24) is 14.5 Å². The summed E-state index contributed by atoms with van der Waals surface area (Å²) in [5.74, 6) is -0.219. The third-order valence-corrected chi connectivity index (χ3v) is 4.79. The van der Waals surface area contributed by atoms with E-state index in [-0.39, 0.29) is 17.5 Å². The smallest absolute Gasteiger partial charge is 0.344 e. The van der Waals surface area contributed by atoms with Crippen LogP contribution >= 0.6 is 0 Å². The highest BCUT2D eigenvalue weighted by Gasteiger charge is 2.26. The molecule has 0 bridgehead atoms. The molecule has 0 unspecified atom stereocenters. The standard InChI is InChI=1S/C22H22N4O2/c1-12(2)28-22(27)18-19-21(25-17-8-6-5-7-16(17)24-19)26(20(18)23)15-10-9-13(3)14(4)11-15/h5-12H,23H2,1-4H3. The van der Waals surface area contributed by atoms with Crippen LogP contribution in [0.1, 0.15) is 35.3 Å². The number of carbonyl (C=O) groups excluding carboxylic acids is 1. The molecule has 4 rings (SSSR count). The van der Waals surface area contributed by atoms with Crippen molar-refractivity contribution in [1.29, 1.82) is 0 Å². The number of fused-ring (bicyclic) bond motifs is 2. The lowest BCUT2D eigenvalue weighted by Gasteiger charge is -2.11. The highest BCUT2D eigenvalue weighted by molar-refractivity contribution is 6.09. The van der Waals surface area contributed by atoms with Gasteiger partial charge in [-0.15, -0.1) is 0 Å². The minimum absolute atomic E-state index is 0.250. The van der Waals surface area contributed by atoms with E-state index in [0.29, 0.717) is 16.7 Å². The van der Waals surface area contributed by atoms with E-state index in [1.165, 1.54) is 5.56 Å². The molecule has 28 heavy (non-hydrogen) atoms. The summed E-state index contributed by atoms with van der Waals surface area (Å²) in [5.41, 5.74) is 12.3. The maximum Gasteiger partial charge on any atom is 0.344 e. The molecule has 0 aliphatic heterocycles. The van der Waals surface area contributed by atoms with E-state index in [9.17, 15) is 4.79 Å². The Morgan fingerprint density at radius 3 is 2.36 bits per heavy atom. The molecule has 2 heterocycles. The fraction of sp³-hybridized carbons (Fsp3) is 0.227. The van der Waals surface area contributed by atoms with Gasteiger partial charge >= 0.3 is 5.97 Å². The molecule has 2 N–H and O–H groups in total. The van der Waals surface area contributed by atoms with Gasteiger partial charge in [0.15, 0.2) is 5.65 Å². The number of rotatable bonds is 3. The first-order valence-electron chi connectivity index (χ1n) is 9.22. The molecule has 0 fully saturated rings. The van der Waals surface area contributed by atoms with Gasteiger partial charge < -0.3 is 10.5 Å². The Labute approximate surface area is 163 Å². The summed E-state index contributed by atoms with van der Waals surface area (Å²) in [7, 11) is 0. The molecule has 0 radical (unpaired) electrons. The normalized spacial score (nSPS) is 11.5. The molecule has 0 aliphatic carbocycles. The second-order valence-electron chi connectivity index (χ2n) is 7.20. The lowest BCUT2D eigenvalue weighted by atomic mass is 10.1. The van der Waals surface area contributed by atoms with Crippen LogP contribution in [0.25, 0.3) is 27.9 Å². The topological polar surface area (TPSA) is 83.0 Å². The fourth-order valence-electron chi connectivity index (χ4n) is 3.26. The number of carbonyl (C=O) groups is 1. The summed E-state index contributed by atoms with van der Waals surface area (Å²) in [6.07, 6.45) is -0.264. The molecular formula is C22H22N4O2. The second kappa shape index (κ2) is 6.64. The Bertz CT molecular complexity index is 1220. The molecule has 6 nitrogen and oxygen atoms in total. The van der Waals surface area contributed by atoms with Gasteiger partial charge in [-0.25, -0.2) is 14.8 Å². The Kier molecular flexibility index (Phi) is 4.26. The van der Waals surface area contributed by atoms with E-state index < -0.39 is 5.97 Å². The first-order chi connectivity index (χ1) is 13.4. The number of hydrogen-bond acceptors (Lipinski definition) is 5. The Hall–Kier alpha value is -3.41. The molecule has 142 valence electrons. The van der Waals surface area contributed by atoms with Crippen LogP contribution in [0, 0.1) is 13.8 Å². The molecular weight excluding hydrogens is 352 g/mol. The molecule has 0 saturated heterocycles. The van der Waals surface area contributed by atoms with Crippen LogP contribution in [0.15, 0.2) is 42.5 Å². The Morgan fingerprint density at radius 2 is 1.71 bits per heavy atom. The van der Waals surface area contributed by atoms with E-state index in [0.717, 1.165) is 16.8 Å². The molecule has 0 amide bonds. The number of anilines is 1. The Morgan fingerprint density at radius 1 is 1.04 bits per heavy atom. The van der Waals surface area contributed by atoms with Crippen molar-refractivity contribution >= 4 is 34.0 Å². The first kappa shape index (κ1) is 18.0. The van der Waals surface area contributed by atoms with Crippen LogP contribution in [-0.4, -0.2) is 26.6 Å². The van der Waals surface area contributed by atoms with Gasteiger partial charge in [-0.3, -0.25) is 4.57 Å². The number of nitrogens with two attached hydrogens (primary N) is 1. The average Bonchev–Trinajstić information content (AvgIpc) is 2.92. The second-order valence-corrected chi connectivity index (χ2v) is 7.20. The minimum atomic E-state index is -0.496. The maximum atomic E-state index is 12.8. The van der Waals surface area contributed by atoms with Crippen molar-refractivity contribution in [2.24, 2.45) is 0 Å². The summed E-state index contributed by atoms with van der Waals surface area (Å²) in [5, 5.41) is 0. The van der Waals surface area contributed by atoms with Crippen LogP contribution in [0.4, 0.5) is 5.82 Å². The number of benzene rings is 2. The summed E-state index contributed by atoms with van der Waals surface area (Å²) in [6.45, 7) is 7.69.